The number of rotatable bonds is 5. The number of aryl methyl sites for hydroxylation is 2. The third-order valence-electron chi connectivity index (χ3n) is 3.41. The van der Waals surface area contributed by atoms with Crippen LogP contribution in [0.25, 0.3) is 5.82 Å². The molecule has 7 nitrogen and oxygen atoms in total. The molecule has 124 valence electrons. The largest absolute Gasteiger partial charge is 0.350 e. The molecule has 24 heavy (non-hydrogen) atoms. The van der Waals surface area contributed by atoms with Gasteiger partial charge in [0.25, 0.3) is 5.56 Å². The molecule has 0 aliphatic carbocycles. The fraction of sp³-hybridized carbons (Fsp3) is 0.250. The minimum atomic E-state index is -0.327. The van der Waals surface area contributed by atoms with Gasteiger partial charge in [-0.25, -0.2) is 9.36 Å². The zero-order chi connectivity index (χ0) is 17.1. The van der Waals surface area contributed by atoms with Crippen LogP contribution in [0.2, 0.25) is 0 Å². The van der Waals surface area contributed by atoms with E-state index in [2.05, 4.69) is 15.5 Å². The molecular formula is C16H17N5O2S. The highest BCUT2D eigenvalue weighted by Crippen LogP contribution is 2.08. The normalized spacial score (nSPS) is 10.8. The highest BCUT2D eigenvalue weighted by Gasteiger charge is 2.10. The smallest absolute Gasteiger partial charge is 0.267 e. The Morgan fingerprint density at radius 1 is 1.25 bits per heavy atom. The van der Waals surface area contributed by atoms with Crippen LogP contribution >= 0.6 is 11.3 Å². The number of carbonyl (C=O) groups excluding carboxylic acids is 1. The van der Waals surface area contributed by atoms with Gasteiger partial charge < -0.3 is 5.32 Å². The van der Waals surface area contributed by atoms with Crippen LogP contribution in [0.15, 0.2) is 40.5 Å². The summed E-state index contributed by atoms with van der Waals surface area (Å²) in [6.45, 7) is 4.11. The van der Waals surface area contributed by atoms with Gasteiger partial charge in [-0.3, -0.25) is 9.59 Å². The van der Waals surface area contributed by atoms with Gasteiger partial charge in [0, 0.05) is 16.6 Å². The molecule has 0 bridgehead atoms. The third-order valence-corrected chi connectivity index (χ3v) is 4.29. The lowest BCUT2D eigenvalue weighted by Gasteiger charge is -2.08. The van der Waals surface area contributed by atoms with E-state index in [1.54, 1.807) is 22.1 Å². The summed E-state index contributed by atoms with van der Waals surface area (Å²) in [7, 11) is 0. The fourth-order valence-corrected chi connectivity index (χ4v) is 2.96. The molecule has 3 heterocycles. The first kappa shape index (κ1) is 16.1. The van der Waals surface area contributed by atoms with Crippen LogP contribution in [-0.4, -0.2) is 25.5 Å². The Balaban J connectivity index is 1.75. The molecule has 1 N–H and O–H groups in total. The van der Waals surface area contributed by atoms with Gasteiger partial charge in [-0.15, -0.1) is 16.4 Å². The number of aromatic nitrogens is 4. The Hall–Kier alpha value is -2.74. The van der Waals surface area contributed by atoms with E-state index < -0.39 is 0 Å². The number of nitrogens with zero attached hydrogens (tertiary/aromatic N) is 4. The van der Waals surface area contributed by atoms with Crippen molar-refractivity contribution >= 4 is 17.2 Å². The molecule has 8 heteroatoms. The van der Waals surface area contributed by atoms with Crippen LogP contribution in [0.5, 0.6) is 0 Å². The van der Waals surface area contributed by atoms with E-state index in [0.717, 1.165) is 20.9 Å². The molecule has 0 saturated heterocycles. The van der Waals surface area contributed by atoms with Crippen molar-refractivity contribution in [2.45, 2.75) is 26.9 Å². The Kier molecular flexibility index (Phi) is 4.57. The lowest BCUT2D eigenvalue weighted by Crippen LogP contribution is -2.33. The summed E-state index contributed by atoms with van der Waals surface area (Å²) in [5.41, 5.74) is 1.44. The van der Waals surface area contributed by atoms with E-state index in [4.69, 9.17) is 0 Å². The lowest BCUT2D eigenvalue weighted by molar-refractivity contribution is -0.122. The minimum Gasteiger partial charge on any atom is -0.350 e. The number of amides is 1. The lowest BCUT2D eigenvalue weighted by atomic mass is 10.4. The Morgan fingerprint density at radius 3 is 2.75 bits per heavy atom. The molecule has 0 radical (unpaired) electrons. The van der Waals surface area contributed by atoms with Crippen LogP contribution in [0.3, 0.4) is 0 Å². The SMILES string of the molecule is Cc1cc(C)n(-c2ccc(=O)n(CC(=O)NCc3cccs3)n2)n1. The molecule has 0 fully saturated rings. The quantitative estimate of drug-likeness (QED) is 0.760. The molecule has 0 atom stereocenters. The number of thiophene rings is 1. The molecular weight excluding hydrogens is 326 g/mol. The van der Waals surface area contributed by atoms with Crippen molar-refractivity contribution in [1.29, 1.82) is 0 Å². The van der Waals surface area contributed by atoms with Crippen LogP contribution in [0.1, 0.15) is 16.3 Å². The van der Waals surface area contributed by atoms with E-state index in [9.17, 15) is 9.59 Å². The van der Waals surface area contributed by atoms with Crippen molar-refractivity contribution in [2.75, 3.05) is 0 Å². The average Bonchev–Trinajstić information content (AvgIpc) is 3.17. The van der Waals surface area contributed by atoms with Gasteiger partial charge in [0.2, 0.25) is 5.91 Å². The average molecular weight is 343 g/mol. The number of hydrogen-bond acceptors (Lipinski definition) is 5. The second-order valence-corrected chi connectivity index (χ2v) is 6.41. The number of carbonyl (C=O) groups is 1. The molecule has 0 aromatic carbocycles. The van der Waals surface area contributed by atoms with E-state index in [0.29, 0.717) is 12.4 Å². The van der Waals surface area contributed by atoms with Gasteiger partial charge in [0.1, 0.15) is 6.54 Å². The fourth-order valence-electron chi connectivity index (χ4n) is 2.32. The Labute approximate surface area is 142 Å². The summed E-state index contributed by atoms with van der Waals surface area (Å²) in [6, 6.07) is 8.78. The molecule has 3 rings (SSSR count). The Morgan fingerprint density at radius 2 is 2.08 bits per heavy atom. The zero-order valence-corrected chi connectivity index (χ0v) is 14.2. The summed E-state index contributed by atoms with van der Waals surface area (Å²) >= 11 is 1.57. The first-order valence-electron chi connectivity index (χ1n) is 7.44. The summed E-state index contributed by atoms with van der Waals surface area (Å²) < 4.78 is 2.80. The monoisotopic (exact) mass is 343 g/mol. The van der Waals surface area contributed by atoms with Crippen molar-refractivity contribution in [2.24, 2.45) is 0 Å². The number of nitrogens with one attached hydrogen (secondary N) is 1. The number of hydrogen-bond donors (Lipinski definition) is 1. The summed E-state index contributed by atoms with van der Waals surface area (Å²) in [6.07, 6.45) is 0. The third kappa shape index (κ3) is 3.60. The van der Waals surface area contributed by atoms with Crippen molar-refractivity contribution in [3.05, 3.63) is 62.3 Å². The van der Waals surface area contributed by atoms with Crippen LogP contribution in [-0.2, 0) is 17.9 Å². The molecule has 0 saturated carbocycles. The first-order chi connectivity index (χ1) is 11.5. The minimum absolute atomic E-state index is 0.128. The van der Waals surface area contributed by atoms with E-state index in [1.165, 1.54) is 6.07 Å². The van der Waals surface area contributed by atoms with Crippen molar-refractivity contribution < 1.29 is 4.79 Å². The van der Waals surface area contributed by atoms with E-state index in [1.807, 2.05) is 37.4 Å². The van der Waals surface area contributed by atoms with Gasteiger partial charge >= 0.3 is 0 Å². The molecule has 3 aromatic heterocycles. The molecule has 0 unspecified atom stereocenters. The van der Waals surface area contributed by atoms with Gasteiger partial charge in [-0.05, 0) is 37.4 Å². The molecule has 3 aromatic rings. The topological polar surface area (TPSA) is 81.8 Å². The highest BCUT2D eigenvalue weighted by atomic mass is 32.1. The predicted molar refractivity (Wildman–Crippen MR) is 91.3 cm³/mol. The van der Waals surface area contributed by atoms with Crippen molar-refractivity contribution in [3.8, 4) is 5.82 Å². The highest BCUT2D eigenvalue weighted by molar-refractivity contribution is 7.09. The van der Waals surface area contributed by atoms with Gasteiger partial charge in [0.15, 0.2) is 5.82 Å². The summed E-state index contributed by atoms with van der Waals surface area (Å²) in [5.74, 6) is 0.245. The summed E-state index contributed by atoms with van der Waals surface area (Å²) in [5, 5.41) is 13.3. The van der Waals surface area contributed by atoms with Crippen molar-refractivity contribution in [3.63, 3.8) is 0 Å². The maximum atomic E-state index is 12.1. The maximum Gasteiger partial charge on any atom is 0.267 e. The molecule has 0 aliphatic rings. The standard InChI is InChI=1S/C16H17N5O2S/c1-11-8-12(2)21(18-11)14-5-6-16(23)20(19-14)10-15(22)17-9-13-4-3-7-24-13/h3-8H,9-10H2,1-2H3,(H,17,22). The molecule has 1 amide bonds. The maximum absolute atomic E-state index is 12.1. The van der Waals surface area contributed by atoms with Gasteiger partial charge in [0.05, 0.1) is 12.2 Å². The van der Waals surface area contributed by atoms with Crippen LogP contribution < -0.4 is 10.9 Å². The van der Waals surface area contributed by atoms with Crippen LogP contribution in [0.4, 0.5) is 0 Å². The molecule has 0 aliphatic heterocycles. The predicted octanol–water partition coefficient (Wildman–Crippen LogP) is 1.42. The Bertz CT molecular complexity index is 911. The van der Waals surface area contributed by atoms with Crippen LogP contribution in [0, 0.1) is 13.8 Å². The second kappa shape index (κ2) is 6.79. The van der Waals surface area contributed by atoms with E-state index >= 15 is 0 Å². The summed E-state index contributed by atoms with van der Waals surface area (Å²) in [4.78, 5) is 25.1. The van der Waals surface area contributed by atoms with Crippen molar-refractivity contribution in [1.82, 2.24) is 24.9 Å². The molecule has 0 spiro atoms. The first-order valence-corrected chi connectivity index (χ1v) is 8.32. The second-order valence-electron chi connectivity index (χ2n) is 5.38. The van der Waals surface area contributed by atoms with Gasteiger partial charge in [-0.2, -0.15) is 5.10 Å². The van der Waals surface area contributed by atoms with Gasteiger partial charge in [-0.1, -0.05) is 6.07 Å². The zero-order valence-electron chi connectivity index (χ0n) is 13.4. The van der Waals surface area contributed by atoms with E-state index in [-0.39, 0.29) is 18.0 Å².